The van der Waals surface area contributed by atoms with E-state index in [4.69, 9.17) is 9.47 Å². The third-order valence-corrected chi connectivity index (χ3v) is 5.32. The zero-order chi connectivity index (χ0) is 24.5. The zero-order valence-corrected chi connectivity index (χ0v) is 20.2. The first-order chi connectivity index (χ1) is 16.4. The Morgan fingerprint density at radius 3 is 2.44 bits per heavy atom. The number of aryl methyl sites for hydroxylation is 1. The fourth-order valence-corrected chi connectivity index (χ4v) is 3.61. The molecule has 172 valence electrons. The molecule has 0 spiro atoms. The lowest BCUT2D eigenvalue weighted by atomic mass is 10.1. The van der Waals surface area contributed by atoms with Gasteiger partial charge in [0.15, 0.2) is 18.1 Å². The Bertz CT molecular complexity index is 1270. The molecule has 8 heteroatoms. The normalized spacial score (nSPS) is 10.7. The fraction of sp³-hybridized carbons (Fsp3) is 0.115. The minimum Gasteiger partial charge on any atom is -0.493 e. The van der Waals surface area contributed by atoms with Crippen molar-refractivity contribution < 1.29 is 19.1 Å². The molecular formula is C26H22BrN3O4. The smallest absolute Gasteiger partial charge is 0.266 e. The second-order valence-electron chi connectivity index (χ2n) is 7.18. The maximum Gasteiger partial charge on any atom is 0.266 e. The maximum atomic E-state index is 12.5. The molecule has 3 rings (SSSR count). The Morgan fingerprint density at radius 1 is 1.06 bits per heavy atom. The Balaban J connectivity index is 1.74. The van der Waals surface area contributed by atoms with Crippen molar-refractivity contribution in [1.29, 1.82) is 5.26 Å². The molecule has 0 atom stereocenters. The number of nitriles is 1. The van der Waals surface area contributed by atoms with Gasteiger partial charge in [0.2, 0.25) is 0 Å². The van der Waals surface area contributed by atoms with Gasteiger partial charge in [0.05, 0.1) is 11.6 Å². The van der Waals surface area contributed by atoms with Gasteiger partial charge in [0, 0.05) is 11.4 Å². The number of carbonyl (C=O) groups is 2. The van der Waals surface area contributed by atoms with E-state index in [1.54, 1.807) is 36.4 Å². The van der Waals surface area contributed by atoms with E-state index in [9.17, 15) is 14.9 Å². The molecule has 0 bridgehead atoms. The molecule has 0 aliphatic carbocycles. The van der Waals surface area contributed by atoms with E-state index >= 15 is 0 Å². The number of carbonyl (C=O) groups excluding carboxylic acids is 2. The van der Waals surface area contributed by atoms with Gasteiger partial charge < -0.3 is 20.1 Å². The van der Waals surface area contributed by atoms with E-state index in [0.29, 0.717) is 32.9 Å². The first-order valence-corrected chi connectivity index (χ1v) is 11.0. The molecule has 34 heavy (non-hydrogen) atoms. The average molecular weight is 520 g/mol. The maximum absolute atomic E-state index is 12.5. The van der Waals surface area contributed by atoms with Crippen LogP contribution in [0.5, 0.6) is 11.5 Å². The van der Waals surface area contributed by atoms with Gasteiger partial charge >= 0.3 is 0 Å². The Hall–Kier alpha value is -4.09. The number of anilines is 2. The van der Waals surface area contributed by atoms with Crippen molar-refractivity contribution in [2.24, 2.45) is 0 Å². The summed E-state index contributed by atoms with van der Waals surface area (Å²) in [6, 6.07) is 21.5. The lowest BCUT2D eigenvalue weighted by molar-refractivity contribution is -0.118. The van der Waals surface area contributed by atoms with Gasteiger partial charge in [-0.25, -0.2) is 0 Å². The summed E-state index contributed by atoms with van der Waals surface area (Å²) < 4.78 is 11.6. The summed E-state index contributed by atoms with van der Waals surface area (Å²) in [5.41, 5.74) is 2.69. The van der Waals surface area contributed by atoms with Crippen molar-refractivity contribution >= 4 is 45.2 Å². The van der Waals surface area contributed by atoms with Crippen LogP contribution in [0.1, 0.15) is 11.1 Å². The van der Waals surface area contributed by atoms with Gasteiger partial charge in [-0.3, -0.25) is 9.59 Å². The number of nitrogens with one attached hydrogen (secondary N) is 2. The van der Waals surface area contributed by atoms with E-state index in [1.165, 1.54) is 13.2 Å². The summed E-state index contributed by atoms with van der Waals surface area (Å²) in [6.45, 7) is 1.67. The first kappa shape index (κ1) is 24.6. The third kappa shape index (κ3) is 6.47. The van der Waals surface area contributed by atoms with E-state index in [2.05, 4.69) is 26.6 Å². The SMILES string of the molecule is COc1cc(/C=C(\C#N)C(=O)Nc2ccccc2)cc(Br)c1OCC(=O)Nc1ccccc1C. The molecule has 3 aromatic carbocycles. The molecule has 0 heterocycles. The number of benzene rings is 3. The molecule has 7 nitrogen and oxygen atoms in total. The van der Waals surface area contributed by atoms with Gasteiger partial charge in [0.25, 0.3) is 11.8 Å². The molecule has 0 fully saturated rings. The quantitative estimate of drug-likeness (QED) is 0.309. The summed E-state index contributed by atoms with van der Waals surface area (Å²) in [6.07, 6.45) is 1.44. The predicted octanol–water partition coefficient (Wildman–Crippen LogP) is 5.33. The van der Waals surface area contributed by atoms with Crippen LogP contribution in [-0.4, -0.2) is 25.5 Å². The van der Waals surface area contributed by atoms with Crippen molar-refractivity contribution in [2.75, 3.05) is 24.4 Å². The van der Waals surface area contributed by atoms with Gasteiger partial charge in [0.1, 0.15) is 11.6 Å². The first-order valence-electron chi connectivity index (χ1n) is 10.2. The monoisotopic (exact) mass is 519 g/mol. The molecule has 3 aromatic rings. The molecule has 2 amide bonds. The van der Waals surface area contributed by atoms with Crippen LogP contribution in [-0.2, 0) is 9.59 Å². The third-order valence-electron chi connectivity index (χ3n) is 4.73. The van der Waals surface area contributed by atoms with Crippen LogP contribution in [0.3, 0.4) is 0 Å². The highest BCUT2D eigenvalue weighted by atomic mass is 79.9. The second kappa shape index (κ2) is 11.7. The summed E-state index contributed by atoms with van der Waals surface area (Å²) in [7, 11) is 1.46. The number of hydrogen-bond acceptors (Lipinski definition) is 5. The van der Waals surface area contributed by atoms with Gasteiger partial charge in [-0.2, -0.15) is 5.26 Å². The van der Waals surface area contributed by atoms with E-state index < -0.39 is 5.91 Å². The Labute approximate surface area is 206 Å². The van der Waals surface area contributed by atoms with E-state index in [1.807, 2.05) is 43.3 Å². The van der Waals surface area contributed by atoms with Crippen LogP contribution in [0.4, 0.5) is 11.4 Å². The van der Waals surface area contributed by atoms with Crippen LogP contribution in [0, 0.1) is 18.3 Å². The number of methoxy groups -OCH3 is 1. The summed E-state index contributed by atoms with van der Waals surface area (Å²) >= 11 is 3.42. The van der Waals surface area contributed by atoms with Crippen LogP contribution >= 0.6 is 15.9 Å². The Morgan fingerprint density at radius 2 is 1.76 bits per heavy atom. The average Bonchev–Trinajstić information content (AvgIpc) is 2.83. The van der Waals surface area contributed by atoms with Crippen molar-refractivity contribution in [1.82, 2.24) is 0 Å². The molecule has 0 aromatic heterocycles. The van der Waals surface area contributed by atoms with Crippen LogP contribution in [0.15, 0.2) is 76.8 Å². The molecule has 0 aliphatic heterocycles. The number of rotatable bonds is 8. The van der Waals surface area contributed by atoms with Crippen molar-refractivity contribution in [3.8, 4) is 17.6 Å². The zero-order valence-electron chi connectivity index (χ0n) is 18.6. The highest BCUT2D eigenvalue weighted by Gasteiger charge is 2.15. The molecule has 0 radical (unpaired) electrons. The summed E-state index contributed by atoms with van der Waals surface area (Å²) in [5.74, 6) is -0.189. The number of ether oxygens (including phenoxy) is 2. The molecule has 0 unspecified atom stereocenters. The van der Waals surface area contributed by atoms with E-state index in [0.717, 1.165) is 5.56 Å². The highest BCUT2D eigenvalue weighted by Crippen LogP contribution is 2.37. The Kier molecular flexibility index (Phi) is 8.43. The van der Waals surface area contributed by atoms with Crippen LogP contribution < -0.4 is 20.1 Å². The molecule has 0 aliphatic rings. The van der Waals surface area contributed by atoms with Gasteiger partial charge in [-0.05, 0) is 70.4 Å². The lowest BCUT2D eigenvalue weighted by Gasteiger charge is -2.14. The van der Waals surface area contributed by atoms with Gasteiger partial charge in [-0.15, -0.1) is 0 Å². The molecular weight excluding hydrogens is 498 g/mol. The lowest BCUT2D eigenvalue weighted by Crippen LogP contribution is -2.21. The minimum atomic E-state index is -0.531. The number of nitrogens with zero attached hydrogens (tertiary/aromatic N) is 1. The van der Waals surface area contributed by atoms with E-state index in [-0.39, 0.29) is 18.1 Å². The molecule has 2 N–H and O–H groups in total. The van der Waals surface area contributed by atoms with Crippen molar-refractivity contribution in [3.05, 3.63) is 87.9 Å². The fourth-order valence-electron chi connectivity index (χ4n) is 3.04. The summed E-state index contributed by atoms with van der Waals surface area (Å²) in [5, 5.41) is 15.0. The van der Waals surface area contributed by atoms with Crippen LogP contribution in [0.25, 0.3) is 6.08 Å². The molecule has 0 saturated heterocycles. The number of halogens is 1. The largest absolute Gasteiger partial charge is 0.493 e. The van der Waals surface area contributed by atoms with Gasteiger partial charge in [-0.1, -0.05) is 36.4 Å². The minimum absolute atomic E-state index is 0.0796. The number of para-hydroxylation sites is 2. The highest BCUT2D eigenvalue weighted by molar-refractivity contribution is 9.10. The number of amides is 2. The predicted molar refractivity (Wildman–Crippen MR) is 135 cm³/mol. The van der Waals surface area contributed by atoms with Crippen molar-refractivity contribution in [2.45, 2.75) is 6.92 Å². The standard InChI is InChI=1S/C26H22BrN3O4/c1-17-8-6-7-11-22(17)30-24(31)16-34-25-21(27)13-18(14-23(25)33-2)12-19(15-28)26(32)29-20-9-4-3-5-10-20/h3-14H,16H2,1-2H3,(H,29,32)(H,30,31)/b19-12+. The second-order valence-corrected chi connectivity index (χ2v) is 8.03. The topological polar surface area (TPSA) is 100 Å². The molecule has 0 saturated carbocycles. The number of hydrogen-bond donors (Lipinski definition) is 2. The summed E-state index contributed by atoms with van der Waals surface area (Å²) in [4.78, 5) is 24.8. The van der Waals surface area contributed by atoms with Crippen LogP contribution in [0.2, 0.25) is 0 Å². The van der Waals surface area contributed by atoms with Crippen molar-refractivity contribution in [3.63, 3.8) is 0 Å².